The van der Waals surface area contributed by atoms with Gasteiger partial charge in [0.2, 0.25) is 0 Å². The second-order valence-corrected chi connectivity index (χ2v) is 7.68. The molecular weight excluding hydrogens is 354 g/mol. The molecule has 0 radical (unpaired) electrons. The number of pyridine rings is 1. The van der Waals surface area contributed by atoms with E-state index in [1.54, 1.807) is 6.20 Å². The van der Waals surface area contributed by atoms with Crippen molar-refractivity contribution in [3.63, 3.8) is 0 Å². The second-order valence-electron chi connectivity index (χ2n) is 7.68. The van der Waals surface area contributed by atoms with E-state index in [2.05, 4.69) is 39.1 Å². The minimum absolute atomic E-state index is 0.0811. The quantitative estimate of drug-likeness (QED) is 0.739. The van der Waals surface area contributed by atoms with Crippen LogP contribution in [0.15, 0.2) is 22.9 Å². The predicted octanol–water partition coefficient (Wildman–Crippen LogP) is 2.58. The zero-order valence-electron chi connectivity index (χ0n) is 17.4. The smallest absolute Gasteiger partial charge is 0.252 e. The SMILES string of the molecule is Cc1noc(C)c1CCCNC(=O)c1ccc(N2CCN(C(C)C)CC2)nc1. The maximum absolute atomic E-state index is 12.3. The van der Waals surface area contributed by atoms with Crippen LogP contribution in [-0.2, 0) is 6.42 Å². The number of nitrogens with zero attached hydrogens (tertiary/aromatic N) is 4. The molecule has 152 valence electrons. The second kappa shape index (κ2) is 9.19. The number of nitrogens with one attached hydrogen (secondary N) is 1. The van der Waals surface area contributed by atoms with Gasteiger partial charge >= 0.3 is 0 Å². The Balaban J connectivity index is 1.45. The number of piperazine rings is 1. The minimum Gasteiger partial charge on any atom is -0.361 e. The van der Waals surface area contributed by atoms with Crippen LogP contribution < -0.4 is 10.2 Å². The Kier molecular flexibility index (Phi) is 6.67. The number of hydrogen-bond acceptors (Lipinski definition) is 6. The molecule has 0 spiro atoms. The van der Waals surface area contributed by atoms with E-state index in [1.807, 2.05) is 26.0 Å². The summed E-state index contributed by atoms with van der Waals surface area (Å²) < 4.78 is 5.17. The first-order valence-electron chi connectivity index (χ1n) is 10.1. The molecule has 28 heavy (non-hydrogen) atoms. The molecule has 1 amide bonds. The Hall–Kier alpha value is -2.41. The van der Waals surface area contributed by atoms with Crippen LogP contribution in [0.4, 0.5) is 5.82 Å². The largest absolute Gasteiger partial charge is 0.361 e. The van der Waals surface area contributed by atoms with E-state index in [9.17, 15) is 4.79 Å². The zero-order chi connectivity index (χ0) is 20.1. The molecule has 7 heteroatoms. The molecule has 3 rings (SSSR count). The van der Waals surface area contributed by atoms with Gasteiger partial charge in [-0.15, -0.1) is 0 Å². The van der Waals surface area contributed by atoms with Gasteiger partial charge < -0.3 is 14.7 Å². The van der Waals surface area contributed by atoms with E-state index in [1.165, 1.54) is 0 Å². The van der Waals surface area contributed by atoms with Crippen LogP contribution in [0.2, 0.25) is 0 Å². The van der Waals surface area contributed by atoms with Gasteiger partial charge in [-0.25, -0.2) is 4.98 Å². The Labute approximate surface area is 167 Å². The average molecular weight is 386 g/mol. The zero-order valence-corrected chi connectivity index (χ0v) is 17.4. The Morgan fingerprint density at radius 1 is 1.21 bits per heavy atom. The average Bonchev–Trinajstić information content (AvgIpc) is 3.03. The number of amides is 1. The molecule has 0 bridgehead atoms. The van der Waals surface area contributed by atoms with Gasteiger partial charge in [0.05, 0.1) is 11.3 Å². The molecule has 0 saturated carbocycles. The maximum atomic E-state index is 12.3. The lowest BCUT2D eigenvalue weighted by Crippen LogP contribution is -2.49. The summed E-state index contributed by atoms with van der Waals surface area (Å²) in [6.07, 6.45) is 3.37. The number of hydrogen-bond donors (Lipinski definition) is 1. The molecule has 1 N–H and O–H groups in total. The van der Waals surface area contributed by atoms with Gasteiger partial charge in [-0.3, -0.25) is 9.69 Å². The van der Waals surface area contributed by atoms with Gasteiger partial charge in [-0.1, -0.05) is 5.16 Å². The van der Waals surface area contributed by atoms with Crippen LogP contribution in [0.3, 0.4) is 0 Å². The third-order valence-electron chi connectivity index (χ3n) is 5.45. The van der Waals surface area contributed by atoms with Gasteiger partial charge in [-0.2, -0.15) is 0 Å². The molecule has 1 aliphatic heterocycles. The van der Waals surface area contributed by atoms with Crippen molar-refractivity contribution < 1.29 is 9.32 Å². The van der Waals surface area contributed by atoms with Crippen molar-refractivity contribution in [1.29, 1.82) is 0 Å². The fourth-order valence-electron chi connectivity index (χ4n) is 3.60. The number of aryl methyl sites for hydroxylation is 2. The highest BCUT2D eigenvalue weighted by Gasteiger charge is 2.20. The van der Waals surface area contributed by atoms with Gasteiger partial charge in [0.15, 0.2) is 0 Å². The Bertz CT molecular complexity index is 757. The van der Waals surface area contributed by atoms with Gasteiger partial charge in [-0.05, 0) is 52.7 Å². The van der Waals surface area contributed by atoms with E-state index in [4.69, 9.17) is 4.52 Å². The molecule has 1 aliphatic rings. The first-order valence-corrected chi connectivity index (χ1v) is 10.1. The lowest BCUT2D eigenvalue weighted by molar-refractivity contribution is 0.0953. The van der Waals surface area contributed by atoms with E-state index >= 15 is 0 Å². The van der Waals surface area contributed by atoms with Crippen molar-refractivity contribution in [3.8, 4) is 0 Å². The van der Waals surface area contributed by atoms with E-state index in [0.29, 0.717) is 18.2 Å². The highest BCUT2D eigenvalue weighted by Crippen LogP contribution is 2.16. The summed E-state index contributed by atoms with van der Waals surface area (Å²) in [5.41, 5.74) is 2.66. The topological polar surface area (TPSA) is 74.5 Å². The predicted molar refractivity (Wildman–Crippen MR) is 110 cm³/mol. The lowest BCUT2D eigenvalue weighted by Gasteiger charge is -2.37. The van der Waals surface area contributed by atoms with Crippen LogP contribution >= 0.6 is 0 Å². The van der Waals surface area contributed by atoms with Crippen LogP contribution in [-0.4, -0.2) is 59.7 Å². The normalized spacial score (nSPS) is 15.2. The summed E-state index contributed by atoms with van der Waals surface area (Å²) in [6.45, 7) is 13.0. The van der Waals surface area contributed by atoms with Crippen molar-refractivity contribution in [2.24, 2.45) is 0 Å². The van der Waals surface area contributed by atoms with Crippen molar-refractivity contribution >= 4 is 11.7 Å². The van der Waals surface area contributed by atoms with Gasteiger partial charge in [0, 0.05) is 50.5 Å². The monoisotopic (exact) mass is 385 g/mol. The Morgan fingerprint density at radius 3 is 2.54 bits per heavy atom. The van der Waals surface area contributed by atoms with Crippen LogP contribution in [0.25, 0.3) is 0 Å². The van der Waals surface area contributed by atoms with Crippen LogP contribution in [0.5, 0.6) is 0 Å². The molecule has 1 saturated heterocycles. The van der Waals surface area contributed by atoms with Gasteiger partial charge in [0.25, 0.3) is 5.91 Å². The highest BCUT2D eigenvalue weighted by molar-refractivity contribution is 5.94. The number of carbonyl (C=O) groups is 1. The van der Waals surface area contributed by atoms with E-state index < -0.39 is 0 Å². The number of aromatic nitrogens is 2. The molecule has 2 aromatic rings. The van der Waals surface area contributed by atoms with Crippen molar-refractivity contribution in [2.45, 2.75) is 46.6 Å². The molecule has 0 aromatic carbocycles. The number of rotatable bonds is 7. The highest BCUT2D eigenvalue weighted by atomic mass is 16.5. The van der Waals surface area contributed by atoms with Crippen LogP contribution in [0, 0.1) is 13.8 Å². The first-order chi connectivity index (χ1) is 13.5. The number of carbonyl (C=O) groups excluding carboxylic acids is 1. The summed E-state index contributed by atoms with van der Waals surface area (Å²) in [4.78, 5) is 21.6. The summed E-state index contributed by atoms with van der Waals surface area (Å²) in [5, 5.41) is 6.93. The number of anilines is 1. The molecule has 0 aliphatic carbocycles. The minimum atomic E-state index is -0.0811. The standard InChI is InChI=1S/C21H31N5O2/c1-15(2)25-10-12-26(13-11-25)20-8-7-18(14-23-20)21(27)22-9-5-6-19-16(3)24-28-17(19)4/h7-8,14-15H,5-6,9-13H2,1-4H3,(H,22,27). The lowest BCUT2D eigenvalue weighted by atomic mass is 10.1. The summed E-state index contributed by atoms with van der Waals surface area (Å²) in [6, 6.07) is 4.39. The summed E-state index contributed by atoms with van der Waals surface area (Å²) >= 11 is 0. The molecule has 3 heterocycles. The first kappa shape index (κ1) is 20.3. The molecule has 7 nitrogen and oxygen atoms in total. The Morgan fingerprint density at radius 2 is 1.96 bits per heavy atom. The summed E-state index contributed by atoms with van der Waals surface area (Å²) in [7, 11) is 0. The fourth-order valence-corrected chi connectivity index (χ4v) is 3.60. The van der Waals surface area contributed by atoms with Crippen molar-refractivity contribution in [1.82, 2.24) is 20.4 Å². The molecule has 0 unspecified atom stereocenters. The van der Waals surface area contributed by atoms with Crippen molar-refractivity contribution in [3.05, 3.63) is 40.9 Å². The summed E-state index contributed by atoms with van der Waals surface area (Å²) in [5.74, 6) is 1.72. The fraction of sp³-hybridized carbons (Fsp3) is 0.571. The molecule has 0 atom stereocenters. The molecular formula is C21H31N5O2. The molecule has 2 aromatic heterocycles. The van der Waals surface area contributed by atoms with Gasteiger partial charge in [0.1, 0.15) is 11.6 Å². The van der Waals surface area contributed by atoms with Crippen molar-refractivity contribution in [2.75, 3.05) is 37.6 Å². The molecule has 1 fully saturated rings. The third-order valence-corrected chi connectivity index (χ3v) is 5.45. The van der Waals surface area contributed by atoms with E-state index in [0.717, 1.165) is 61.9 Å². The maximum Gasteiger partial charge on any atom is 0.252 e. The third kappa shape index (κ3) is 4.90. The van der Waals surface area contributed by atoms with E-state index in [-0.39, 0.29) is 5.91 Å². The van der Waals surface area contributed by atoms with Crippen LogP contribution in [0.1, 0.15) is 47.6 Å².